The van der Waals surface area contributed by atoms with Crippen LogP contribution in [-0.4, -0.2) is 47.2 Å². The maximum atomic E-state index is 13.0. The Labute approximate surface area is 138 Å². The van der Waals surface area contributed by atoms with Crippen LogP contribution in [0.25, 0.3) is 0 Å². The van der Waals surface area contributed by atoms with E-state index in [0.29, 0.717) is 25.1 Å². The van der Waals surface area contributed by atoms with Crippen LogP contribution in [0.3, 0.4) is 0 Å². The van der Waals surface area contributed by atoms with Crippen molar-refractivity contribution in [3.63, 3.8) is 0 Å². The summed E-state index contributed by atoms with van der Waals surface area (Å²) in [6.45, 7) is 2.58. The molecule has 0 radical (unpaired) electrons. The molecule has 0 aliphatic heterocycles. The van der Waals surface area contributed by atoms with E-state index in [-0.39, 0.29) is 23.7 Å². The third-order valence-electron chi connectivity index (χ3n) is 3.89. The average Bonchev–Trinajstić information content (AvgIpc) is 2.44. The summed E-state index contributed by atoms with van der Waals surface area (Å²) in [5.74, 6) is -1.40. The van der Waals surface area contributed by atoms with E-state index in [9.17, 15) is 14.0 Å². The highest BCUT2D eigenvalue weighted by atomic mass is 35.5. The van der Waals surface area contributed by atoms with E-state index < -0.39 is 17.8 Å². The number of hydrogen-bond acceptors (Lipinski definition) is 3. The molecule has 1 aromatic carbocycles. The maximum Gasteiger partial charge on any atom is 0.319 e. The number of hydrogen-bond donors (Lipinski definition) is 3. The number of carboxylic acid groups (broad SMARTS) is 1. The summed E-state index contributed by atoms with van der Waals surface area (Å²) in [5, 5.41) is 14.2. The van der Waals surface area contributed by atoms with Crippen molar-refractivity contribution in [1.29, 1.82) is 0 Å². The van der Waals surface area contributed by atoms with Gasteiger partial charge in [-0.25, -0.2) is 9.18 Å². The topological polar surface area (TPSA) is 81.7 Å². The normalized spacial score (nSPS) is 20.0. The van der Waals surface area contributed by atoms with Gasteiger partial charge >= 0.3 is 12.0 Å². The van der Waals surface area contributed by atoms with E-state index in [0.717, 1.165) is 0 Å². The minimum absolute atomic E-state index is 0.00114. The Bertz CT molecular complexity index is 593. The Morgan fingerprint density at radius 1 is 1.43 bits per heavy atom. The van der Waals surface area contributed by atoms with E-state index in [2.05, 4.69) is 10.6 Å². The molecule has 1 fully saturated rings. The second kappa shape index (κ2) is 7.61. The van der Waals surface area contributed by atoms with Crippen LogP contribution in [-0.2, 0) is 4.79 Å². The van der Waals surface area contributed by atoms with Crippen molar-refractivity contribution < 1.29 is 19.1 Å². The minimum Gasteiger partial charge on any atom is -0.480 e. The molecule has 0 unspecified atom stereocenters. The highest BCUT2D eigenvalue weighted by molar-refractivity contribution is 6.31. The fourth-order valence-corrected chi connectivity index (χ4v) is 2.78. The molecule has 1 aromatic rings. The molecule has 0 spiro atoms. The summed E-state index contributed by atoms with van der Waals surface area (Å²) in [6, 6.07) is 3.72. The molecule has 0 bridgehead atoms. The van der Waals surface area contributed by atoms with Gasteiger partial charge in [-0.15, -0.1) is 0 Å². The van der Waals surface area contributed by atoms with Crippen LogP contribution in [0.1, 0.15) is 19.8 Å². The Morgan fingerprint density at radius 2 is 2.13 bits per heavy atom. The quantitative estimate of drug-likeness (QED) is 0.741. The van der Waals surface area contributed by atoms with Crippen molar-refractivity contribution in [2.75, 3.05) is 18.4 Å². The number of anilines is 1. The molecule has 0 aromatic heterocycles. The van der Waals surface area contributed by atoms with Gasteiger partial charge in [0.15, 0.2) is 0 Å². The van der Waals surface area contributed by atoms with Gasteiger partial charge < -0.3 is 15.7 Å². The van der Waals surface area contributed by atoms with Gasteiger partial charge in [0.1, 0.15) is 5.82 Å². The molecule has 1 aliphatic carbocycles. The van der Waals surface area contributed by atoms with Gasteiger partial charge in [-0.3, -0.25) is 9.69 Å². The van der Waals surface area contributed by atoms with Crippen molar-refractivity contribution >= 4 is 29.3 Å². The van der Waals surface area contributed by atoms with Crippen LogP contribution in [0.4, 0.5) is 14.9 Å². The first-order chi connectivity index (χ1) is 10.9. The first-order valence-corrected chi connectivity index (χ1v) is 7.75. The third kappa shape index (κ3) is 4.80. The molecule has 1 saturated carbocycles. The average molecular weight is 344 g/mol. The number of urea groups is 1. The zero-order valence-electron chi connectivity index (χ0n) is 12.7. The lowest BCUT2D eigenvalue weighted by Gasteiger charge is -2.42. The molecule has 8 heteroatoms. The lowest BCUT2D eigenvalue weighted by molar-refractivity contribution is -0.139. The lowest BCUT2D eigenvalue weighted by atomic mass is 9.85. The van der Waals surface area contributed by atoms with Gasteiger partial charge in [0.25, 0.3) is 0 Å². The number of rotatable bonds is 6. The Hall–Kier alpha value is -1.86. The Kier molecular flexibility index (Phi) is 5.79. The van der Waals surface area contributed by atoms with Gasteiger partial charge in [0.05, 0.1) is 11.6 Å². The van der Waals surface area contributed by atoms with E-state index >= 15 is 0 Å². The summed E-state index contributed by atoms with van der Waals surface area (Å²) in [5.41, 5.74) is 0.408. The Balaban J connectivity index is 1.77. The molecule has 6 nitrogen and oxygen atoms in total. The summed E-state index contributed by atoms with van der Waals surface area (Å²) >= 11 is 5.65. The predicted molar refractivity (Wildman–Crippen MR) is 85.3 cm³/mol. The molecule has 0 saturated heterocycles. The van der Waals surface area contributed by atoms with Crippen molar-refractivity contribution in [1.82, 2.24) is 10.2 Å². The number of carboxylic acids is 1. The van der Waals surface area contributed by atoms with Crippen LogP contribution in [0.5, 0.6) is 0 Å². The van der Waals surface area contributed by atoms with Crippen LogP contribution in [0.2, 0.25) is 5.02 Å². The molecular formula is C15H19ClFN3O3. The summed E-state index contributed by atoms with van der Waals surface area (Å²) in [7, 11) is 0. The number of carbonyl (C=O) groups is 2. The van der Waals surface area contributed by atoms with Crippen molar-refractivity contribution in [2.45, 2.75) is 31.8 Å². The molecular weight excluding hydrogens is 325 g/mol. The SMILES string of the molecule is CCN(CC(=O)O)C1CC(NC(=O)Nc2ccc(F)c(Cl)c2)C1. The van der Waals surface area contributed by atoms with Gasteiger partial charge in [-0.1, -0.05) is 18.5 Å². The minimum atomic E-state index is -0.853. The van der Waals surface area contributed by atoms with Crippen molar-refractivity contribution in [3.8, 4) is 0 Å². The first kappa shape index (κ1) is 17.5. The highest BCUT2D eigenvalue weighted by Gasteiger charge is 2.34. The van der Waals surface area contributed by atoms with Gasteiger partial charge in [-0.05, 0) is 37.6 Å². The first-order valence-electron chi connectivity index (χ1n) is 7.37. The van der Waals surface area contributed by atoms with Crippen LogP contribution >= 0.6 is 11.6 Å². The summed E-state index contributed by atoms with van der Waals surface area (Å²) in [4.78, 5) is 24.5. The van der Waals surface area contributed by atoms with Crippen molar-refractivity contribution in [2.24, 2.45) is 0 Å². The standard InChI is InChI=1S/C15H19ClFN3O3/c1-2-20(8-14(21)22)11-5-10(6-11)19-15(23)18-9-3-4-13(17)12(16)7-9/h3-4,7,10-11H,2,5-6,8H2,1H3,(H,21,22)(H2,18,19,23). The van der Waals surface area contributed by atoms with E-state index in [1.54, 1.807) is 0 Å². The van der Waals surface area contributed by atoms with E-state index in [1.165, 1.54) is 18.2 Å². The van der Waals surface area contributed by atoms with Crippen LogP contribution in [0, 0.1) is 5.82 Å². The summed E-state index contributed by atoms with van der Waals surface area (Å²) in [6.07, 6.45) is 1.41. The number of nitrogens with one attached hydrogen (secondary N) is 2. The third-order valence-corrected chi connectivity index (χ3v) is 4.18. The predicted octanol–water partition coefficient (Wildman–Crippen LogP) is 2.54. The number of amides is 2. The maximum absolute atomic E-state index is 13.0. The number of aliphatic carboxylic acids is 1. The zero-order chi connectivity index (χ0) is 17.0. The van der Waals surface area contributed by atoms with Gasteiger partial charge in [0, 0.05) is 17.8 Å². The molecule has 126 valence electrons. The zero-order valence-corrected chi connectivity index (χ0v) is 13.4. The monoisotopic (exact) mass is 343 g/mol. The second-order valence-electron chi connectivity index (χ2n) is 5.51. The van der Waals surface area contributed by atoms with E-state index in [4.69, 9.17) is 16.7 Å². The smallest absolute Gasteiger partial charge is 0.319 e. The molecule has 0 heterocycles. The number of benzene rings is 1. The fraction of sp³-hybridized carbons (Fsp3) is 0.467. The van der Waals surface area contributed by atoms with Crippen LogP contribution in [0.15, 0.2) is 18.2 Å². The lowest BCUT2D eigenvalue weighted by Crippen LogP contribution is -2.55. The van der Waals surface area contributed by atoms with E-state index in [1.807, 2.05) is 11.8 Å². The second-order valence-corrected chi connectivity index (χ2v) is 5.91. The highest BCUT2D eigenvalue weighted by Crippen LogP contribution is 2.26. The molecule has 1 aliphatic rings. The molecule has 0 atom stereocenters. The molecule has 23 heavy (non-hydrogen) atoms. The fourth-order valence-electron chi connectivity index (χ4n) is 2.60. The molecule has 3 N–H and O–H groups in total. The van der Waals surface area contributed by atoms with Crippen molar-refractivity contribution in [3.05, 3.63) is 29.0 Å². The van der Waals surface area contributed by atoms with Gasteiger partial charge in [0.2, 0.25) is 0 Å². The number of halogens is 2. The Morgan fingerprint density at radius 3 is 2.70 bits per heavy atom. The number of carbonyl (C=O) groups excluding carboxylic acids is 1. The van der Waals surface area contributed by atoms with Gasteiger partial charge in [-0.2, -0.15) is 0 Å². The number of nitrogens with zero attached hydrogens (tertiary/aromatic N) is 1. The summed E-state index contributed by atoms with van der Waals surface area (Å²) < 4.78 is 13.0. The largest absolute Gasteiger partial charge is 0.480 e. The molecule has 2 amide bonds. The molecule has 2 rings (SSSR count). The van der Waals surface area contributed by atoms with Crippen LogP contribution < -0.4 is 10.6 Å². The number of likely N-dealkylation sites (N-methyl/N-ethyl adjacent to an activating group) is 1.